The van der Waals surface area contributed by atoms with Crippen LogP contribution in [0.3, 0.4) is 0 Å². The van der Waals surface area contributed by atoms with Gasteiger partial charge in [0, 0.05) is 18.3 Å². The Morgan fingerprint density at radius 2 is 1.20 bits per heavy atom. The molecule has 2 amide bonds. The first-order valence-corrected chi connectivity index (χ1v) is 15.3. The van der Waals surface area contributed by atoms with Gasteiger partial charge in [-0.1, -0.05) is 109 Å². The van der Waals surface area contributed by atoms with Crippen molar-refractivity contribution in [3.05, 3.63) is 131 Å². The minimum absolute atomic E-state index is 0.117. The molecule has 0 aromatic heterocycles. The number of fused-ring (bicyclic) bond motifs is 3. The van der Waals surface area contributed by atoms with Gasteiger partial charge in [-0.05, 0) is 60.1 Å². The van der Waals surface area contributed by atoms with E-state index in [0.29, 0.717) is 6.42 Å². The molecule has 0 spiro atoms. The average molecular weight is 603 g/mol. The minimum atomic E-state index is -0.917. The van der Waals surface area contributed by atoms with Crippen LogP contribution in [-0.4, -0.2) is 42.3 Å². The molecule has 1 aliphatic rings. The van der Waals surface area contributed by atoms with Crippen molar-refractivity contribution >= 4 is 23.6 Å². The lowest BCUT2D eigenvalue weighted by Crippen LogP contribution is -2.46. The topological polar surface area (TPSA) is 102 Å². The number of hydrogen-bond donors (Lipinski definition) is 2. The Morgan fingerprint density at radius 1 is 0.689 bits per heavy atom. The Morgan fingerprint density at radius 3 is 1.76 bits per heavy atom. The van der Waals surface area contributed by atoms with E-state index in [1.807, 2.05) is 97.1 Å². The molecule has 2 N–H and O–H groups in total. The van der Waals surface area contributed by atoms with Crippen molar-refractivity contribution in [2.45, 2.75) is 51.1 Å². The lowest BCUT2D eigenvalue weighted by Gasteiger charge is -2.23. The monoisotopic (exact) mass is 602 g/mol. The summed E-state index contributed by atoms with van der Waals surface area (Å²) < 4.78 is 5.77. The highest BCUT2D eigenvalue weighted by Gasteiger charge is 2.32. The molecule has 0 aliphatic heterocycles. The molecule has 0 saturated heterocycles. The summed E-state index contributed by atoms with van der Waals surface area (Å²) >= 11 is 0. The molecule has 0 radical (unpaired) electrons. The van der Waals surface area contributed by atoms with Crippen LogP contribution in [-0.2, 0) is 32.0 Å². The van der Waals surface area contributed by atoms with Gasteiger partial charge in [0.2, 0.25) is 5.91 Å². The Hall–Kier alpha value is -5.04. The third kappa shape index (κ3) is 7.92. The molecule has 0 bridgehead atoms. The van der Waals surface area contributed by atoms with Crippen molar-refractivity contribution in [1.29, 1.82) is 0 Å². The summed E-state index contributed by atoms with van der Waals surface area (Å²) in [6, 6.07) is 33.4. The van der Waals surface area contributed by atoms with Crippen LogP contribution in [0.15, 0.2) is 109 Å². The third-order valence-electron chi connectivity index (χ3n) is 8.42. The fourth-order valence-corrected chi connectivity index (χ4v) is 5.85. The maximum Gasteiger partial charge on any atom is 0.407 e. The molecular formula is C38H38N2O5. The Balaban J connectivity index is 1.31. The van der Waals surface area contributed by atoms with Crippen molar-refractivity contribution in [2.24, 2.45) is 5.92 Å². The lowest BCUT2D eigenvalue weighted by molar-refractivity contribution is -0.132. The van der Waals surface area contributed by atoms with Crippen molar-refractivity contribution in [3.8, 4) is 11.1 Å². The fraction of sp³-hybridized carbons (Fsp3) is 0.263. The van der Waals surface area contributed by atoms with E-state index in [1.165, 1.54) is 6.92 Å². The van der Waals surface area contributed by atoms with Crippen LogP contribution in [0.2, 0.25) is 0 Å². The molecule has 1 aliphatic carbocycles. The van der Waals surface area contributed by atoms with Crippen molar-refractivity contribution in [3.63, 3.8) is 0 Å². The summed E-state index contributed by atoms with van der Waals surface area (Å²) in [5, 5.41) is 5.56. The molecule has 7 nitrogen and oxygen atoms in total. The molecule has 5 rings (SSSR count). The normalized spacial score (nSPS) is 13.9. The number of nitrogens with one attached hydrogen (secondary N) is 2. The first kappa shape index (κ1) is 31.4. The number of ether oxygens (including phenoxy) is 1. The molecule has 0 fully saturated rings. The first-order valence-electron chi connectivity index (χ1n) is 15.3. The quantitative estimate of drug-likeness (QED) is 0.194. The molecule has 7 heteroatoms. The zero-order chi connectivity index (χ0) is 31.8. The number of Topliss-reactive ketones (excluding diaryl/α,β-unsaturated/α-hetero) is 2. The molecule has 0 heterocycles. The maximum atomic E-state index is 13.9. The molecular weight excluding hydrogens is 564 g/mol. The molecule has 45 heavy (non-hydrogen) atoms. The van der Waals surface area contributed by atoms with Crippen LogP contribution in [0.25, 0.3) is 11.1 Å². The van der Waals surface area contributed by atoms with E-state index in [-0.39, 0.29) is 42.8 Å². The van der Waals surface area contributed by atoms with E-state index >= 15 is 0 Å². The summed E-state index contributed by atoms with van der Waals surface area (Å²) in [5.74, 6) is -1.70. The summed E-state index contributed by atoms with van der Waals surface area (Å²) in [4.78, 5) is 52.3. The van der Waals surface area contributed by atoms with Gasteiger partial charge in [-0.25, -0.2) is 4.79 Å². The van der Waals surface area contributed by atoms with Gasteiger partial charge in [0.15, 0.2) is 11.6 Å². The number of carbonyl (C=O) groups excluding carboxylic acids is 4. The Bertz CT molecular complexity index is 1610. The average Bonchev–Trinajstić information content (AvgIpc) is 3.37. The van der Waals surface area contributed by atoms with Gasteiger partial charge in [0.05, 0.1) is 12.1 Å². The number of alkyl carbamates (subject to hydrolysis) is 1. The highest BCUT2D eigenvalue weighted by molar-refractivity contribution is 5.93. The van der Waals surface area contributed by atoms with E-state index in [9.17, 15) is 19.2 Å². The standard InChI is InChI=1S/C38H38N2O5/c1-25(26(2)41)39-37(43)29(21-27-13-5-3-6-14-27)23-36(42)35(22-28-15-7-4-8-16-28)40-38(44)45-24-34-32-19-11-9-17-30(32)31-18-10-12-20-33(31)34/h3-20,25,29,34-35H,21-24H2,1-2H3,(H,39,43)(H,40,44). The second kappa shape index (κ2) is 14.6. The molecule has 4 aromatic carbocycles. The zero-order valence-corrected chi connectivity index (χ0v) is 25.6. The maximum absolute atomic E-state index is 13.9. The second-order valence-electron chi connectivity index (χ2n) is 11.6. The fourth-order valence-electron chi connectivity index (χ4n) is 5.85. The van der Waals surface area contributed by atoms with Gasteiger partial charge < -0.3 is 15.4 Å². The van der Waals surface area contributed by atoms with Crippen LogP contribution in [0, 0.1) is 5.92 Å². The van der Waals surface area contributed by atoms with Gasteiger partial charge in [-0.2, -0.15) is 0 Å². The summed E-state index contributed by atoms with van der Waals surface area (Å²) in [5.41, 5.74) is 6.20. The largest absolute Gasteiger partial charge is 0.449 e. The van der Waals surface area contributed by atoms with Crippen LogP contribution < -0.4 is 10.6 Å². The van der Waals surface area contributed by atoms with Crippen molar-refractivity contribution in [1.82, 2.24) is 10.6 Å². The number of carbonyl (C=O) groups is 4. The van der Waals surface area contributed by atoms with Gasteiger partial charge in [-0.3, -0.25) is 14.4 Å². The molecule has 230 valence electrons. The summed E-state index contributed by atoms with van der Waals surface area (Å²) in [6.07, 6.45) is -0.258. The number of rotatable bonds is 13. The van der Waals surface area contributed by atoms with Gasteiger partial charge in [0.1, 0.15) is 6.61 Å². The van der Waals surface area contributed by atoms with E-state index in [1.54, 1.807) is 6.92 Å². The molecule has 0 saturated carbocycles. The van der Waals surface area contributed by atoms with Crippen molar-refractivity contribution in [2.75, 3.05) is 6.61 Å². The highest BCUT2D eigenvalue weighted by Crippen LogP contribution is 2.44. The van der Waals surface area contributed by atoms with Gasteiger partial charge in [0.25, 0.3) is 0 Å². The Labute approximate surface area is 264 Å². The first-order chi connectivity index (χ1) is 21.8. The van der Waals surface area contributed by atoms with Gasteiger partial charge in [-0.15, -0.1) is 0 Å². The van der Waals surface area contributed by atoms with Crippen LogP contribution in [0.4, 0.5) is 4.79 Å². The summed E-state index contributed by atoms with van der Waals surface area (Å²) in [6.45, 7) is 3.16. The highest BCUT2D eigenvalue weighted by atomic mass is 16.5. The van der Waals surface area contributed by atoms with E-state index in [2.05, 4.69) is 22.8 Å². The number of ketones is 2. The SMILES string of the molecule is CC(=O)C(C)NC(=O)C(CC(=O)C(Cc1ccccc1)NC(=O)OCC1c2ccccc2-c2ccccc21)Cc1ccccc1. The Kier molecular flexibility index (Phi) is 10.2. The van der Waals surface area contributed by atoms with E-state index in [4.69, 9.17) is 4.74 Å². The third-order valence-corrected chi connectivity index (χ3v) is 8.42. The smallest absolute Gasteiger partial charge is 0.407 e. The molecule has 3 atom stereocenters. The van der Waals surface area contributed by atoms with Crippen LogP contribution >= 0.6 is 0 Å². The lowest BCUT2D eigenvalue weighted by atomic mass is 9.89. The van der Waals surface area contributed by atoms with Crippen molar-refractivity contribution < 1.29 is 23.9 Å². The molecule has 4 aromatic rings. The van der Waals surface area contributed by atoms with E-state index in [0.717, 1.165) is 33.4 Å². The minimum Gasteiger partial charge on any atom is -0.449 e. The number of hydrogen-bond acceptors (Lipinski definition) is 5. The summed E-state index contributed by atoms with van der Waals surface area (Å²) in [7, 11) is 0. The second-order valence-corrected chi connectivity index (χ2v) is 11.6. The number of benzene rings is 4. The predicted molar refractivity (Wildman–Crippen MR) is 174 cm³/mol. The number of amides is 2. The van der Waals surface area contributed by atoms with Crippen LogP contribution in [0.1, 0.15) is 48.4 Å². The zero-order valence-electron chi connectivity index (χ0n) is 25.6. The van der Waals surface area contributed by atoms with Gasteiger partial charge >= 0.3 is 6.09 Å². The predicted octanol–water partition coefficient (Wildman–Crippen LogP) is 6.05. The van der Waals surface area contributed by atoms with Crippen LogP contribution in [0.5, 0.6) is 0 Å². The molecule has 3 unspecified atom stereocenters. The van der Waals surface area contributed by atoms with E-state index < -0.39 is 24.1 Å².